The molecule has 0 aromatic heterocycles. The molecule has 0 heterocycles. The lowest BCUT2D eigenvalue weighted by molar-refractivity contribution is 0.301. The fraction of sp³-hybridized carbons (Fsp3) is 1.00. The Hall–Kier alpha value is -0.0800. The third-order valence-electron chi connectivity index (χ3n) is 3.62. The topological polar surface area (TPSA) is 38.0 Å². The third-order valence-corrected chi connectivity index (χ3v) is 3.62. The van der Waals surface area contributed by atoms with Crippen LogP contribution in [0.2, 0.25) is 0 Å². The zero-order valence-corrected chi connectivity index (χ0v) is 13.1. The molecule has 0 unspecified atom stereocenters. The van der Waals surface area contributed by atoms with E-state index < -0.39 is 0 Å². The first-order chi connectivity index (χ1) is 8.62. The second kappa shape index (κ2) is 12.0. The van der Waals surface area contributed by atoms with Crippen LogP contribution in [-0.2, 0) is 0 Å². The van der Waals surface area contributed by atoms with Crippen LogP contribution in [0.25, 0.3) is 0 Å². The van der Waals surface area contributed by atoms with Gasteiger partial charge >= 0.3 is 0 Å². The fourth-order valence-electron chi connectivity index (χ4n) is 2.29. The highest BCUT2D eigenvalue weighted by atomic mass is 14.9. The van der Waals surface area contributed by atoms with E-state index in [2.05, 4.69) is 26.1 Å². The molecule has 0 aliphatic heterocycles. The summed E-state index contributed by atoms with van der Waals surface area (Å²) in [6, 6.07) is 0. The van der Waals surface area contributed by atoms with Crippen molar-refractivity contribution in [3.05, 3.63) is 0 Å². The van der Waals surface area contributed by atoms with E-state index in [1.54, 1.807) is 0 Å². The van der Waals surface area contributed by atoms with Gasteiger partial charge in [-0.15, -0.1) is 0 Å². The molecule has 0 fully saturated rings. The Balaban J connectivity index is 3.30. The van der Waals surface area contributed by atoms with Crippen LogP contribution in [0.15, 0.2) is 0 Å². The molecule has 0 aromatic carbocycles. The molecule has 110 valence electrons. The summed E-state index contributed by atoms with van der Waals surface area (Å²) in [5.41, 5.74) is 5.94. The van der Waals surface area contributed by atoms with Crippen LogP contribution in [0.3, 0.4) is 0 Å². The molecule has 0 aliphatic carbocycles. The minimum atomic E-state index is 0.467. The van der Waals surface area contributed by atoms with Crippen LogP contribution in [-0.4, -0.2) is 19.6 Å². The van der Waals surface area contributed by atoms with E-state index >= 15 is 0 Å². The predicted molar refractivity (Wildman–Crippen MR) is 82.9 cm³/mol. The van der Waals surface area contributed by atoms with Gasteiger partial charge in [-0.3, -0.25) is 0 Å². The quantitative estimate of drug-likeness (QED) is 0.487. The second-order valence-electron chi connectivity index (χ2n) is 6.35. The summed E-state index contributed by atoms with van der Waals surface area (Å²) in [5.74, 6) is 0. The molecule has 3 N–H and O–H groups in total. The molecule has 2 heteroatoms. The van der Waals surface area contributed by atoms with Crippen molar-refractivity contribution in [1.29, 1.82) is 0 Å². The van der Waals surface area contributed by atoms with Gasteiger partial charge in [-0.2, -0.15) is 0 Å². The first kappa shape index (κ1) is 17.9. The van der Waals surface area contributed by atoms with Gasteiger partial charge in [0.2, 0.25) is 0 Å². The molecular formula is C16H36N2. The van der Waals surface area contributed by atoms with Crippen molar-refractivity contribution in [2.24, 2.45) is 11.1 Å². The van der Waals surface area contributed by atoms with Crippen LogP contribution < -0.4 is 11.1 Å². The maximum absolute atomic E-state index is 5.48. The molecule has 0 amide bonds. The van der Waals surface area contributed by atoms with Gasteiger partial charge in [-0.1, -0.05) is 59.3 Å². The molecule has 18 heavy (non-hydrogen) atoms. The second-order valence-corrected chi connectivity index (χ2v) is 6.35. The number of hydrogen-bond acceptors (Lipinski definition) is 2. The Morgan fingerprint density at radius 3 is 2.22 bits per heavy atom. The molecule has 0 rings (SSSR count). The normalized spacial score (nSPS) is 12.0. The Morgan fingerprint density at radius 1 is 0.889 bits per heavy atom. The molecular weight excluding hydrogens is 220 g/mol. The maximum Gasteiger partial charge on any atom is 0.000252 e. The van der Waals surface area contributed by atoms with E-state index in [4.69, 9.17) is 5.73 Å². The van der Waals surface area contributed by atoms with Gasteiger partial charge in [0.1, 0.15) is 0 Å². The maximum atomic E-state index is 5.48. The molecule has 0 aromatic rings. The molecule has 0 bridgehead atoms. The highest BCUT2D eigenvalue weighted by Gasteiger charge is 2.16. The highest BCUT2D eigenvalue weighted by Crippen LogP contribution is 2.22. The molecule has 0 saturated heterocycles. The Labute approximate surface area is 115 Å². The van der Waals surface area contributed by atoms with Gasteiger partial charge in [0.05, 0.1) is 0 Å². The molecule has 0 atom stereocenters. The minimum absolute atomic E-state index is 0.467. The number of nitrogens with one attached hydrogen (secondary N) is 1. The first-order valence-corrected chi connectivity index (χ1v) is 8.03. The summed E-state index contributed by atoms with van der Waals surface area (Å²) in [4.78, 5) is 0. The molecule has 2 nitrogen and oxygen atoms in total. The van der Waals surface area contributed by atoms with Crippen molar-refractivity contribution in [3.63, 3.8) is 0 Å². The van der Waals surface area contributed by atoms with E-state index in [-0.39, 0.29) is 0 Å². The SMILES string of the molecule is CCCCCC(C)(C)CNCCCCCCCN. The lowest BCUT2D eigenvalue weighted by Crippen LogP contribution is -2.30. The summed E-state index contributed by atoms with van der Waals surface area (Å²) in [6.45, 7) is 10.2. The summed E-state index contributed by atoms with van der Waals surface area (Å²) < 4.78 is 0. The van der Waals surface area contributed by atoms with E-state index in [1.165, 1.54) is 70.9 Å². The number of nitrogens with two attached hydrogens (primary N) is 1. The fourth-order valence-corrected chi connectivity index (χ4v) is 2.29. The standard InChI is InChI=1S/C16H36N2/c1-4-5-9-12-16(2,3)15-18-14-11-8-6-7-10-13-17/h18H,4-15,17H2,1-3H3. The number of unbranched alkanes of at least 4 members (excludes halogenated alkanes) is 6. The van der Waals surface area contributed by atoms with Gasteiger partial charge < -0.3 is 11.1 Å². The van der Waals surface area contributed by atoms with Gasteiger partial charge in [0.15, 0.2) is 0 Å². The average molecular weight is 256 g/mol. The van der Waals surface area contributed by atoms with Crippen molar-refractivity contribution in [2.45, 2.75) is 78.6 Å². The van der Waals surface area contributed by atoms with Crippen LogP contribution in [0, 0.1) is 5.41 Å². The smallest absolute Gasteiger partial charge is 0.000252 e. The lowest BCUT2D eigenvalue weighted by atomic mass is 9.87. The number of hydrogen-bond donors (Lipinski definition) is 2. The van der Waals surface area contributed by atoms with E-state index in [1.807, 2.05) is 0 Å². The lowest BCUT2D eigenvalue weighted by Gasteiger charge is -2.25. The summed E-state index contributed by atoms with van der Waals surface area (Å²) in [7, 11) is 0. The zero-order chi connectivity index (χ0) is 13.7. The molecule has 0 saturated carbocycles. The van der Waals surface area contributed by atoms with Gasteiger partial charge in [-0.05, 0) is 37.8 Å². The summed E-state index contributed by atoms with van der Waals surface area (Å²) >= 11 is 0. The Bertz CT molecular complexity index is 166. The molecule has 0 spiro atoms. The van der Waals surface area contributed by atoms with E-state index in [0.717, 1.165) is 6.54 Å². The third kappa shape index (κ3) is 12.4. The van der Waals surface area contributed by atoms with E-state index in [9.17, 15) is 0 Å². The van der Waals surface area contributed by atoms with Crippen LogP contribution in [0.4, 0.5) is 0 Å². The van der Waals surface area contributed by atoms with Crippen molar-refractivity contribution >= 4 is 0 Å². The summed E-state index contributed by atoms with van der Waals surface area (Å²) in [5, 5.41) is 3.62. The van der Waals surface area contributed by atoms with Gasteiger partial charge in [-0.25, -0.2) is 0 Å². The minimum Gasteiger partial charge on any atom is -0.330 e. The zero-order valence-electron chi connectivity index (χ0n) is 13.1. The van der Waals surface area contributed by atoms with Crippen LogP contribution in [0.5, 0.6) is 0 Å². The van der Waals surface area contributed by atoms with Gasteiger partial charge in [0, 0.05) is 6.54 Å². The van der Waals surface area contributed by atoms with Gasteiger partial charge in [0.25, 0.3) is 0 Å². The van der Waals surface area contributed by atoms with Crippen molar-refractivity contribution < 1.29 is 0 Å². The largest absolute Gasteiger partial charge is 0.330 e. The Kier molecular flexibility index (Phi) is 11.9. The van der Waals surface area contributed by atoms with Crippen molar-refractivity contribution in [3.8, 4) is 0 Å². The van der Waals surface area contributed by atoms with Crippen LogP contribution >= 0.6 is 0 Å². The monoisotopic (exact) mass is 256 g/mol. The van der Waals surface area contributed by atoms with Crippen molar-refractivity contribution in [2.75, 3.05) is 19.6 Å². The van der Waals surface area contributed by atoms with Crippen molar-refractivity contribution in [1.82, 2.24) is 5.32 Å². The predicted octanol–water partition coefficient (Wildman–Crippen LogP) is 4.09. The molecule has 0 aliphatic rings. The average Bonchev–Trinajstić information content (AvgIpc) is 2.33. The molecule has 0 radical (unpaired) electrons. The van der Waals surface area contributed by atoms with E-state index in [0.29, 0.717) is 5.41 Å². The first-order valence-electron chi connectivity index (χ1n) is 8.03. The summed E-state index contributed by atoms with van der Waals surface area (Å²) in [6.07, 6.45) is 11.9. The van der Waals surface area contributed by atoms with Crippen LogP contribution in [0.1, 0.15) is 78.6 Å². The highest BCUT2D eigenvalue weighted by molar-refractivity contribution is 4.71. The number of rotatable bonds is 13. The Morgan fingerprint density at radius 2 is 1.56 bits per heavy atom.